The van der Waals surface area contributed by atoms with Crippen LogP contribution in [0.5, 0.6) is 0 Å². The summed E-state index contributed by atoms with van der Waals surface area (Å²) in [4.78, 5) is 23.5. The van der Waals surface area contributed by atoms with Crippen LogP contribution in [0.3, 0.4) is 0 Å². The molecule has 1 aromatic heterocycles. The standard InChI is InChI=1S/C18H29N3O2/c1-5-15(6-2)16-8-11-21(12-9-16)13-17(22)20-18(23)19-10-7-14(3)4/h8-9,11-12,14-15H,5-7,10,13H2,1-4H3,(H-,19,20,22,23)/p+1. The maximum absolute atomic E-state index is 11.9. The van der Waals surface area contributed by atoms with Gasteiger partial charge >= 0.3 is 6.03 Å². The number of nitrogens with one attached hydrogen (secondary N) is 2. The first-order valence-electron chi connectivity index (χ1n) is 8.52. The van der Waals surface area contributed by atoms with E-state index in [9.17, 15) is 9.59 Å². The first kappa shape index (κ1) is 19.1. The number of rotatable bonds is 8. The molecule has 1 heterocycles. The summed E-state index contributed by atoms with van der Waals surface area (Å²) in [5.74, 6) is 0.771. The van der Waals surface area contributed by atoms with Gasteiger partial charge in [0.2, 0.25) is 6.54 Å². The average molecular weight is 320 g/mol. The van der Waals surface area contributed by atoms with E-state index >= 15 is 0 Å². The van der Waals surface area contributed by atoms with Crippen LogP contribution in [0, 0.1) is 5.92 Å². The molecule has 0 spiro atoms. The summed E-state index contributed by atoms with van der Waals surface area (Å²) < 4.78 is 1.78. The van der Waals surface area contributed by atoms with Crippen molar-refractivity contribution < 1.29 is 14.2 Å². The van der Waals surface area contributed by atoms with Crippen molar-refractivity contribution in [2.24, 2.45) is 5.92 Å². The molecule has 23 heavy (non-hydrogen) atoms. The molecular weight excluding hydrogens is 290 g/mol. The van der Waals surface area contributed by atoms with Gasteiger partial charge in [-0.15, -0.1) is 0 Å². The Balaban J connectivity index is 2.43. The Bertz CT molecular complexity index is 493. The minimum Gasteiger partial charge on any atom is -0.338 e. The molecule has 0 bridgehead atoms. The van der Waals surface area contributed by atoms with E-state index in [1.165, 1.54) is 5.56 Å². The monoisotopic (exact) mass is 320 g/mol. The zero-order valence-electron chi connectivity index (χ0n) is 14.8. The fourth-order valence-electron chi connectivity index (χ4n) is 2.46. The Morgan fingerprint density at radius 3 is 2.26 bits per heavy atom. The summed E-state index contributed by atoms with van der Waals surface area (Å²) in [5.41, 5.74) is 1.29. The lowest BCUT2D eigenvalue weighted by Gasteiger charge is -2.11. The number of pyridine rings is 1. The summed E-state index contributed by atoms with van der Waals surface area (Å²) in [6.45, 7) is 9.26. The highest BCUT2D eigenvalue weighted by molar-refractivity contribution is 5.93. The molecular formula is C18H30N3O2+. The number of nitrogens with zero attached hydrogens (tertiary/aromatic N) is 1. The highest BCUT2D eigenvalue weighted by atomic mass is 16.2. The van der Waals surface area contributed by atoms with Crippen molar-refractivity contribution in [3.8, 4) is 0 Å². The zero-order valence-corrected chi connectivity index (χ0v) is 14.8. The first-order valence-corrected chi connectivity index (χ1v) is 8.52. The molecule has 1 aromatic rings. The maximum Gasteiger partial charge on any atom is 0.321 e. The van der Waals surface area contributed by atoms with Crippen molar-refractivity contribution in [1.82, 2.24) is 10.6 Å². The molecule has 5 nitrogen and oxygen atoms in total. The molecule has 0 aliphatic carbocycles. The summed E-state index contributed by atoms with van der Waals surface area (Å²) in [6, 6.07) is 3.67. The Kier molecular flexibility index (Phi) is 8.30. The molecule has 0 aliphatic rings. The van der Waals surface area contributed by atoms with Crippen LogP contribution in [-0.4, -0.2) is 18.5 Å². The third-order valence-corrected chi connectivity index (χ3v) is 3.96. The van der Waals surface area contributed by atoms with E-state index < -0.39 is 6.03 Å². The van der Waals surface area contributed by atoms with Gasteiger partial charge in [-0.1, -0.05) is 27.7 Å². The lowest BCUT2D eigenvalue weighted by molar-refractivity contribution is -0.684. The average Bonchev–Trinajstić information content (AvgIpc) is 2.49. The molecule has 0 saturated heterocycles. The molecule has 0 saturated carbocycles. The molecule has 0 radical (unpaired) electrons. The number of imide groups is 1. The minimum absolute atomic E-state index is 0.140. The van der Waals surface area contributed by atoms with Crippen molar-refractivity contribution in [1.29, 1.82) is 0 Å². The quantitative estimate of drug-likeness (QED) is 0.724. The Morgan fingerprint density at radius 2 is 1.74 bits per heavy atom. The molecule has 128 valence electrons. The van der Waals surface area contributed by atoms with Crippen LogP contribution in [0.4, 0.5) is 4.79 Å². The number of carbonyl (C=O) groups is 2. The summed E-state index contributed by atoms with van der Waals surface area (Å²) >= 11 is 0. The van der Waals surface area contributed by atoms with Crippen LogP contribution >= 0.6 is 0 Å². The molecule has 3 amide bonds. The predicted octanol–water partition coefficient (Wildman–Crippen LogP) is 2.75. The number of carbonyl (C=O) groups excluding carboxylic acids is 2. The zero-order chi connectivity index (χ0) is 17.2. The number of hydrogen-bond donors (Lipinski definition) is 2. The van der Waals surface area contributed by atoms with Crippen LogP contribution < -0.4 is 15.2 Å². The molecule has 0 fully saturated rings. The topological polar surface area (TPSA) is 62.1 Å². The second-order valence-electron chi connectivity index (χ2n) is 6.30. The smallest absolute Gasteiger partial charge is 0.321 e. The van der Waals surface area contributed by atoms with E-state index in [1.807, 2.05) is 24.5 Å². The van der Waals surface area contributed by atoms with Gasteiger partial charge in [0, 0.05) is 18.7 Å². The molecule has 0 aliphatic heterocycles. The fraction of sp³-hybridized carbons (Fsp3) is 0.611. The second-order valence-corrected chi connectivity index (χ2v) is 6.30. The van der Waals surface area contributed by atoms with Gasteiger partial charge in [0.1, 0.15) is 0 Å². The number of amides is 3. The van der Waals surface area contributed by atoms with Crippen molar-refractivity contribution in [2.45, 2.75) is 59.4 Å². The van der Waals surface area contributed by atoms with Gasteiger partial charge in [0.15, 0.2) is 12.4 Å². The summed E-state index contributed by atoms with van der Waals surface area (Å²) in [7, 11) is 0. The SMILES string of the molecule is CCC(CC)c1cc[n+](CC(=O)NC(=O)NCCC(C)C)cc1. The largest absolute Gasteiger partial charge is 0.338 e. The maximum atomic E-state index is 11.9. The fourth-order valence-corrected chi connectivity index (χ4v) is 2.46. The highest BCUT2D eigenvalue weighted by Gasteiger charge is 2.14. The van der Waals surface area contributed by atoms with Crippen molar-refractivity contribution in [2.75, 3.05) is 6.54 Å². The first-order chi connectivity index (χ1) is 11.0. The predicted molar refractivity (Wildman–Crippen MR) is 91.0 cm³/mol. The molecule has 0 aromatic carbocycles. The highest BCUT2D eigenvalue weighted by Crippen LogP contribution is 2.21. The van der Waals surface area contributed by atoms with Gasteiger partial charge < -0.3 is 5.32 Å². The van der Waals surface area contributed by atoms with Crippen LogP contribution in [0.15, 0.2) is 24.5 Å². The van der Waals surface area contributed by atoms with Gasteiger partial charge in [0.05, 0.1) is 0 Å². The number of hydrogen-bond acceptors (Lipinski definition) is 2. The van der Waals surface area contributed by atoms with E-state index in [4.69, 9.17) is 0 Å². The molecule has 5 heteroatoms. The molecule has 1 rings (SSSR count). The van der Waals surface area contributed by atoms with Gasteiger partial charge in [0.25, 0.3) is 5.91 Å². The minimum atomic E-state index is -0.426. The van der Waals surface area contributed by atoms with E-state index in [1.54, 1.807) is 4.57 Å². The van der Waals surface area contributed by atoms with Crippen LogP contribution in [0.1, 0.15) is 58.4 Å². The Morgan fingerprint density at radius 1 is 1.13 bits per heavy atom. The van der Waals surface area contributed by atoms with E-state index in [-0.39, 0.29) is 12.5 Å². The Labute approximate surface area is 139 Å². The van der Waals surface area contributed by atoms with E-state index in [0.717, 1.165) is 19.3 Å². The van der Waals surface area contributed by atoms with Gasteiger partial charge in [-0.05, 0) is 36.7 Å². The van der Waals surface area contributed by atoms with Crippen LogP contribution in [0.25, 0.3) is 0 Å². The second kappa shape index (κ2) is 9.98. The summed E-state index contributed by atoms with van der Waals surface area (Å²) in [5, 5.41) is 5.04. The van der Waals surface area contributed by atoms with Crippen molar-refractivity contribution in [3.05, 3.63) is 30.1 Å². The van der Waals surface area contributed by atoms with E-state index in [2.05, 4.69) is 38.3 Å². The lowest BCUT2D eigenvalue weighted by Crippen LogP contribution is -2.47. The molecule has 2 N–H and O–H groups in total. The third kappa shape index (κ3) is 7.26. The van der Waals surface area contributed by atoms with Crippen LogP contribution in [-0.2, 0) is 11.3 Å². The van der Waals surface area contributed by atoms with Crippen molar-refractivity contribution in [3.63, 3.8) is 0 Å². The Hall–Kier alpha value is -1.91. The van der Waals surface area contributed by atoms with Crippen molar-refractivity contribution >= 4 is 11.9 Å². The van der Waals surface area contributed by atoms with Gasteiger partial charge in [-0.3, -0.25) is 10.1 Å². The van der Waals surface area contributed by atoms with Gasteiger partial charge in [-0.25, -0.2) is 4.79 Å². The summed E-state index contributed by atoms with van der Waals surface area (Å²) in [6.07, 6.45) is 6.90. The lowest BCUT2D eigenvalue weighted by atomic mass is 9.95. The third-order valence-electron chi connectivity index (χ3n) is 3.96. The normalized spacial score (nSPS) is 10.9. The van der Waals surface area contributed by atoms with Crippen LogP contribution in [0.2, 0.25) is 0 Å². The number of urea groups is 1. The van der Waals surface area contributed by atoms with E-state index in [0.29, 0.717) is 18.4 Å². The van der Waals surface area contributed by atoms with Gasteiger partial charge in [-0.2, -0.15) is 4.57 Å². The molecule has 0 unspecified atom stereocenters. The number of aromatic nitrogens is 1. The molecule has 0 atom stereocenters.